The number of carboxylic acid groups (broad SMARTS) is 1. The van der Waals surface area contributed by atoms with Crippen LogP contribution in [0.3, 0.4) is 0 Å². The zero-order chi connectivity index (χ0) is 21.5. The van der Waals surface area contributed by atoms with E-state index >= 15 is 0 Å². The molecule has 29 heavy (non-hydrogen) atoms. The Morgan fingerprint density at radius 1 is 1.14 bits per heavy atom. The number of hydrogen-bond donors (Lipinski definition) is 3. The van der Waals surface area contributed by atoms with E-state index < -0.39 is 12.1 Å². The molecule has 0 spiro atoms. The van der Waals surface area contributed by atoms with Crippen LogP contribution in [0, 0.1) is 0 Å². The Labute approximate surface area is 179 Å². The van der Waals surface area contributed by atoms with Gasteiger partial charge < -0.3 is 19.9 Å². The molecule has 1 aromatic heterocycles. The number of hydrogen-bond acceptors (Lipinski definition) is 5. The van der Waals surface area contributed by atoms with Gasteiger partial charge in [-0.15, -0.1) is 0 Å². The first-order valence-corrected chi connectivity index (χ1v) is 11.8. The highest BCUT2D eigenvalue weighted by Gasteiger charge is 2.21. The van der Waals surface area contributed by atoms with E-state index in [0.717, 1.165) is 12.8 Å². The number of rotatable bonds is 17. The number of thioether (sulfide) groups is 1. The van der Waals surface area contributed by atoms with Crippen molar-refractivity contribution >= 4 is 17.7 Å². The quantitative estimate of drug-likeness (QED) is 0.188. The maximum absolute atomic E-state index is 11.1. The summed E-state index contributed by atoms with van der Waals surface area (Å²) >= 11 is 1.26. The van der Waals surface area contributed by atoms with E-state index in [9.17, 15) is 15.0 Å². The molecule has 0 saturated carbocycles. The van der Waals surface area contributed by atoms with Crippen LogP contribution < -0.4 is 0 Å². The molecule has 0 aromatic carbocycles. The highest BCUT2D eigenvalue weighted by atomic mass is 32.2. The fourth-order valence-corrected chi connectivity index (χ4v) is 4.20. The van der Waals surface area contributed by atoms with Crippen molar-refractivity contribution in [3.05, 3.63) is 24.0 Å². The number of unbranched alkanes of at least 4 members (excludes halogenated alkanes) is 10. The van der Waals surface area contributed by atoms with Gasteiger partial charge in [-0.25, -0.2) is 9.78 Å². The van der Waals surface area contributed by atoms with Gasteiger partial charge in [0, 0.05) is 7.05 Å². The second-order valence-electron chi connectivity index (χ2n) is 7.52. The van der Waals surface area contributed by atoms with Gasteiger partial charge in [-0.05, 0) is 12.8 Å². The van der Waals surface area contributed by atoms with Crippen LogP contribution in [0.2, 0.25) is 0 Å². The highest BCUT2D eigenvalue weighted by Crippen LogP contribution is 2.26. The Hall–Kier alpha value is -1.31. The van der Waals surface area contributed by atoms with E-state index in [2.05, 4.69) is 11.9 Å². The molecular weight excluding hydrogens is 388 g/mol. The van der Waals surface area contributed by atoms with Crippen molar-refractivity contribution in [2.24, 2.45) is 7.05 Å². The Morgan fingerprint density at radius 3 is 2.24 bits per heavy atom. The van der Waals surface area contributed by atoms with Crippen molar-refractivity contribution in [2.45, 2.75) is 94.1 Å². The Kier molecular flexibility index (Phi) is 13.8. The van der Waals surface area contributed by atoms with Crippen LogP contribution in [0.1, 0.15) is 88.0 Å². The van der Waals surface area contributed by atoms with Crippen molar-refractivity contribution < 1.29 is 20.1 Å². The first-order valence-electron chi connectivity index (χ1n) is 10.9. The number of imidazole rings is 1. The Balaban J connectivity index is 2.31. The standard InChI is InChI=1S/C22H38N2O4S/c1-3-4-5-6-7-8-9-10-11-12-13-14-15-20(19(26)17-25)29-22-23-16-18(21(27)28)24(22)2/h14-16,19-20,25-26H,3-13,17H2,1-2H3,(H,27,28)/b15-14-. The largest absolute Gasteiger partial charge is 0.477 e. The van der Waals surface area contributed by atoms with Crippen LogP contribution in [0.15, 0.2) is 23.5 Å². The van der Waals surface area contributed by atoms with Crippen molar-refractivity contribution in [3.63, 3.8) is 0 Å². The number of aliphatic hydroxyl groups is 2. The minimum Gasteiger partial charge on any atom is -0.477 e. The summed E-state index contributed by atoms with van der Waals surface area (Å²) in [5.74, 6) is -1.04. The topological polar surface area (TPSA) is 95.6 Å². The molecular formula is C22H38N2O4S. The number of aromatic nitrogens is 2. The zero-order valence-corrected chi connectivity index (χ0v) is 18.7. The zero-order valence-electron chi connectivity index (χ0n) is 17.9. The summed E-state index contributed by atoms with van der Waals surface area (Å²) < 4.78 is 1.49. The number of aromatic carboxylic acids is 1. The van der Waals surface area contributed by atoms with E-state index in [1.54, 1.807) is 7.05 Å². The first kappa shape index (κ1) is 25.7. The second kappa shape index (κ2) is 15.5. The van der Waals surface area contributed by atoms with Crippen molar-refractivity contribution in [1.82, 2.24) is 9.55 Å². The molecule has 166 valence electrons. The molecule has 1 rings (SSSR count). The average Bonchev–Trinajstić information content (AvgIpc) is 3.07. The van der Waals surface area contributed by atoms with Crippen LogP contribution in [-0.2, 0) is 7.05 Å². The second-order valence-corrected chi connectivity index (χ2v) is 8.67. The summed E-state index contributed by atoms with van der Waals surface area (Å²) in [6.07, 6.45) is 18.3. The van der Waals surface area contributed by atoms with Crippen molar-refractivity contribution in [1.29, 1.82) is 0 Å². The van der Waals surface area contributed by atoms with Gasteiger partial charge >= 0.3 is 5.97 Å². The van der Waals surface area contributed by atoms with Crippen LogP contribution in [0.5, 0.6) is 0 Å². The van der Waals surface area contributed by atoms with Crippen molar-refractivity contribution in [3.8, 4) is 0 Å². The third-order valence-corrected chi connectivity index (χ3v) is 6.36. The van der Waals surface area contributed by atoms with Gasteiger partial charge in [0.25, 0.3) is 0 Å². The summed E-state index contributed by atoms with van der Waals surface area (Å²) in [6, 6.07) is 0. The molecule has 0 aliphatic heterocycles. The third-order valence-electron chi connectivity index (χ3n) is 5.02. The lowest BCUT2D eigenvalue weighted by Gasteiger charge is -2.17. The van der Waals surface area contributed by atoms with Crippen LogP contribution in [0.25, 0.3) is 0 Å². The monoisotopic (exact) mass is 426 g/mol. The number of allylic oxidation sites excluding steroid dienone is 1. The van der Waals surface area contributed by atoms with Gasteiger partial charge in [-0.2, -0.15) is 0 Å². The lowest BCUT2D eigenvalue weighted by Crippen LogP contribution is -2.25. The summed E-state index contributed by atoms with van der Waals surface area (Å²) in [5, 5.41) is 28.7. The number of carbonyl (C=O) groups is 1. The molecule has 0 aliphatic rings. The SMILES string of the molecule is CCCCCCCCCCCC/C=C\C(Sc1ncc(C(=O)O)n1C)C(O)CO. The number of nitrogens with zero attached hydrogens (tertiary/aromatic N) is 2. The van der Waals surface area contributed by atoms with Crippen LogP contribution >= 0.6 is 11.8 Å². The molecule has 1 aromatic rings. The molecule has 2 unspecified atom stereocenters. The van der Waals surface area contributed by atoms with Crippen LogP contribution in [0.4, 0.5) is 0 Å². The lowest BCUT2D eigenvalue weighted by molar-refractivity contribution is 0.0685. The maximum atomic E-state index is 11.1. The normalized spacial score (nSPS) is 13.8. The molecule has 0 radical (unpaired) electrons. The molecule has 1 heterocycles. The maximum Gasteiger partial charge on any atom is 0.354 e. The molecule has 0 fully saturated rings. The van der Waals surface area contributed by atoms with E-state index in [-0.39, 0.29) is 17.6 Å². The van der Waals surface area contributed by atoms with Crippen molar-refractivity contribution in [2.75, 3.05) is 6.61 Å². The Morgan fingerprint density at radius 2 is 1.72 bits per heavy atom. The van der Waals surface area contributed by atoms with Gasteiger partial charge in [0.05, 0.1) is 24.2 Å². The lowest BCUT2D eigenvalue weighted by atomic mass is 10.1. The minimum absolute atomic E-state index is 0.0964. The first-order chi connectivity index (χ1) is 14.0. The molecule has 7 heteroatoms. The van der Waals surface area contributed by atoms with Gasteiger partial charge in [-0.1, -0.05) is 88.6 Å². The predicted molar refractivity (Wildman–Crippen MR) is 119 cm³/mol. The molecule has 6 nitrogen and oxygen atoms in total. The molecule has 0 amide bonds. The number of carboxylic acids is 1. The van der Waals surface area contributed by atoms with E-state index in [0.29, 0.717) is 5.16 Å². The summed E-state index contributed by atoms with van der Waals surface area (Å²) in [4.78, 5) is 15.3. The van der Waals surface area contributed by atoms with E-state index in [4.69, 9.17) is 5.11 Å². The van der Waals surface area contributed by atoms with E-state index in [1.807, 2.05) is 12.2 Å². The third kappa shape index (κ3) is 10.3. The molecule has 0 saturated heterocycles. The van der Waals surface area contributed by atoms with Gasteiger partial charge in [-0.3, -0.25) is 0 Å². The molecule has 2 atom stereocenters. The highest BCUT2D eigenvalue weighted by molar-refractivity contribution is 8.00. The molecule has 0 bridgehead atoms. The van der Waals surface area contributed by atoms with Gasteiger partial charge in [0.15, 0.2) is 5.16 Å². The minimum atomic E-state index is -1.04. The van der Waals surface area contributed by atoms with Gasteiger partial charge in [0.1, 0.15) is 5.69 Å². The number of aliphatic hydroxyl groups excluding tert-OH is 2. The van der Waals surface area contributed by atoms with E-state index in [1.165, 1.54) is 80.3 Å². The molecule has 0 aliphatic carbocycles. The fraction of sp³-hybridized carbons (Fsp3) is 0.727. The average molecular weight is 427 g/mol. The predicted octanol–water partition coefficient (Wildman–Crippen LogP) is 4.80. The summed E-state index contributed by atoms with van der Waals surface area (Å²) in [7, 11) is 1.63. The molecule has 3 N–H and O–H groups in total. The summed E-state index contributed by atoms with van der Waals surface area (Å²) in [6.45, 7) is 1.89. The van der Waals surface area contributed by atoms with Crippen LogP contribution in [-0.4, -0.2) is 48.8 Å². The smallest absolute Gasteiger partial charge is 0.354 e. The summed E-state index contributed by atoms with van der Waals surface area (Å²) in [5.41, 5.74) is 0.0964. The fourth-order valence-electron chi connectivity index (χ4n) is 3.15. The van der Waals surface area contributed by atoms with Gasteiger partial charge in [0.2, 0.25) is 0 Å². The Bertz CT molecular complexity index is 604.